The van der Waals surface area contributed by atoms with E-state index in [9.17, 15) is 0 Å². The maximum absolute atomic E-state index is 2.60. The van der Waals surface area contributed by atoms with Crippen molar-refractivity contribution in [2.24, 2.45) is 0 Å². The Hall–Kier alpha value is 0.274. The third-order valence-electron chi connectivity index (χ3n) is 9.13. The van der Waals surface area contributed by atoms with E-state index in [-0.39, 0.29) is 37.6 Å². The van der Waals surface area contributed by atoms with Crippen molar-refractivity contribution in [2.75, 3.05) is 24.6 Å². The first-order valence-corrected chi connectivity index (χ1v) is 23.1. The monoisotopic (exact) mass is 690 g/mol. The molecule has 0 aliphatic heterocycles. The van der Waals surface area contributed by atoms with E-state index in [1.807, 2.05) is 40.9 Å². The Morgan fingerprint density at radius 2 is 0.756 bits per heavy atom. The van der Waals surface area contributed by atoms with Crippen molar-refractivity contribution >= 4 is 26.5 Å². The van der Waals surface area contributed by atoms with Crippen LogP contribution in [0.15, 0.2) is 48.5 Å². The molecule has 2 rings (SSSR count). The van der Waals surface area contributed by atoms with Crippen LogP contribution in [0, 0.1) is 0 Å². The zero-order valence-electron chi connectivity index (χ0n) is 30.8. The van der Waals surface area contributed by atoms with Gasteiger partial charge >= 0.3 is 0 Å². The van der Waals surface area contributed by atoms with Crippen LogP contribution in [-0.4, -0.2) is 24.6 Å². The number of hydrogen-bond acceptors (Lipinski definition) is 0. The summed E-state index contributed by atoms with van der Waals surface area (Å²) in [6.45, 7) is 9.35. The molecular formula is C42H76P2Ti-6. The minimum absolute atomic E-state index is 0. The Labute approximate surface area is 301 Å². The molecule has 264 valence electrons. The van der Waals surface area contributed by atoms with Gasteiger partial charge in [-0.1, -0.05) is 156 Å². The fraction of sp³-hybridized carbons (Fsp3) is 0.762. The molecule has 0 atom stereocenters. The Morgan fingerprint density at radius 1 is 0.444 bits per heavy atom. The number of unbranched alkanes of at least 4 members (excludes halogenated alkanes) is 20. The summed E-state index contributed by atoms with van der Waals surface area (Å²) < 4.78 is 0. The topological polar surface area (TPSA) is 0 Å². The fourth-order valence-corrected chi connectivity index (χ4v) is 12.4. The summed E-state index contributed by atoms with van der Waals surface area (Å²) in [5.41, 5.74) is 0. The first-order valence-electron chi connectivity index (χ1n) is 19.7. The van der Waals surface area contributed by atoms with Gasteiger partial charge in [0.25, 0.3) is 0 Å². The SMILES string of the molecule is CCCCCCCCP(CCCCCCCC)c1ccc[c-]1P(CCCCCCCC)CCCCCCCC.[Ti].[cH-]1[cH-][cH-][cH-][cH-]1. The first kappa shape index (κ1) is 45.3. The van der Waals surface area contributed by atoms with Crippen LogP contribution in [0.25, 0.3) is 0 Å². The van der Waals surface area contributed by atoms with Crippen LogP contribution in [0.2, 0.25) is 0 Å². The van der Waals surface area contributed by atoms with Gasteiger partial charge < -0.3 is 30.3 Å². The summed E-state index contributed by atoms with van der Waals surface area (Å²) in [5.74, 6) is 0. The van der Waals surface area contributed by atoms with Crippen LogP contribution in [0.1, 0.15) is 182 Å². The second-order valence-corrected chi connectivity index (χ2v) is 18.2. The molecule has 0 fully saturated rings. The summed E-state index contributed by atoms with van der Waals surface area (Å²) in [6.07, 6.45) is 40.6. The van der Waals surface area contributed by atoms with Gasteiger partial charge in [-0.15, -0.1) is 26.5 Å². The standard InChI is InChI=1S/C37H71P2.C5H5.Ti/c1-5-9-13-17-21-25-32-38(33-26-22-18-14-10-6-2)36-30-29-31-37(36)39(34-27-23-19-15-11-7-3)35-28-24-20-16-12-8-4;1-2-4-5-3-1;/h29-31H,5-28,32-35H2,1-4H3;1-5H;/q-1;-5;. The Balaban J connectivity index is 0.00000291. The molecule has 0 aliphatic rings. The van der Waals surface area contributed by atoms with E-state index in [1.54, 1.807) is 0 Å². The molecule has 0 heterocycles. The number of rotatable bonds is 30. The zero-order chi connectivity index (χ0) is 31.8. The molecule has 0 saturated heterocycles. The van der Waals surface area contributed by atoms with Crippen molar-refractivity contribution in [1.29, 1.82) is 0 Å². The van der Waals surface area contributed by atoms with Crippen LogP contribution >= 0.6 is 15.8 Å². The molecule has 3 heteroatoms. The third kappa shape index (κ3) is 25.9. The van der Waals surface area contributed by atoms with E-state index in [2.05, 4.69) is 45.9 Å². The van der Waals surface area contributed by atoms with Crippen LogP contribution in [0.5, 0.6) is 0 Å². The minimum atomic E-state index is 0. The molecule has 0 aromatic heterocycles. The van der Waals surface area contributed by atoms with E-state index >= 15 is 0 Å². The van der Waals surface area contributed by atoms with Crippen molar-refractivity contribution in [3.8, 4) is 0 Å². The van der Waals surface area contributed by atoms with Crippen LogP contribution in [0.4, 0.5) is 0 Å². The number of hydrogen-bond donors (Lipinski definition) is 0. The second kappa shape index (κ2) is 35.6. The van der Waals surface area contributed by atoms with E-state index in [0.29, 0.717) is 0 Å². The van der Waals surface area contributed by atoms with Gasteiger partial charge in [0.05, 0.1) is 0 Å². The van der Waals surface area contributed by atoms with E-state index < -0.39 is 0 Å². The smallest absolute Gasteiger partial charge is 0 e. The van der Waals surface area contributed by atoms with Gasteiger partial charge in [-0.25, -0.2) is 12.1 Å². The van der Waals surface area contributed by atoms with Crippen LogP contribution in [0.3, 0.4) is 0 Å². The molecule has 0 unspecified atom stereocenters. The average molecular weight is 691 g/mol. The van der Waals surface area contributed by atoms with Crippen molar-refractivity contribution < 1.29 is 21.7 Å². The molecule has 2 aromatic rings. The van der Waals surface area contributed by atoms with Crippen molar-refractivity contribution in [2.45, 2.75) is 182 Å². The molecule has 0 spiro atoms. The van der Waals surface area contributed by atoms with E-state index in [0.717, 1.165) is 0 Å². The maximum Gasteiger partial charge on any atom is 0 e. The maximum atomic E-state index is 2.60. The largest absolute Gasteiger partial charge is 0.748 e. The van der Waals surface area contributed by atoms with Gasteiger partial charge in [-0.05, 0) is 50.3 Å². The molecule has 0 bridgehead atoms. The predicted molar refractivity (Wildman–Crippen MR) is 210 cm³/mol. The summed E-state index contributed by atoms with van der Waals surface area (Å²) in [5, 5.41) is 3.74. The Bertz CT molecular complexity index is 683. The summed E-state index contributed by atoms with van der Waals surface area (Å²) in [6, 6.07) is 17.7. The fourth-order valence-electron chi connectivity index (χ4n) is 6.29. The molecule has 2 aromatic carbocycles. The molecule has 0 aliphatic carbocycles. The van der Waals surface area contributed by atoms with Gasteiger partial charge in [0.1, 0.15) is 0 Å². The van der Waals surface area contributed by atoms with Crippen LogP contribution in [-0.2, 0) is 21.7 Å². The van der Waals surface area contributed by atoms with Crippen molar-refractivity contribution in [3.05, 3.63) is 48.5 Å². The molecule has 0 nitrogen and oxygen atoms in total. The molecule has 0 radical (unpaired) electrons. The van der Waals surface area contributed by atoms with Gasteiger partial charge in [0.15, 0.2) is 0 Å². The van der Waals surface area contributed by atoms with E-state index in [1.165, 1.54) is 179 Å². The first-order chi connectivity index (χ1) is 21.8. The van der Waals surface area contributed by atoms with Crippen molar-refractivity contribution in [3.63, 3.8) is 0 Å². The normalized spacial score (nSPS) is 11.2. The van der Waals surface area contributed by atoms with Gasteiger partial charge in [-0.2, -0.15) is 6.07 Å². The van der Waals surface area contributed by atoms with Gasteiger partial charge in [-0.3, -0.25) is 0 Å². The molecule has 0 amide bonds. The average Bonchev–Trinajstić information content (AvgIpc) is 3.78. The molecular weight excluding hydrogens is 614 g/mol. The Morgan fingerprint density at radius 3 is 1.11 bits per heavy atom. The summed E-state index contributed by atoms with van der Waals surface area (Å²) in [7, 11) is 0.0839. The van der Waals surface area contributed by atoms with Gasteiger partial charge in [0, 0.05) is 21.7 Å². The summed E-state index contributed by atoms with van der Waals surface area (Å²) >= 11 is 0. The van der Waals surface area contributed by atoms with Crippen molar-refractivity contribution in [1.82, 2.24) is 0 Å². The van der Waals surface area contributed by atoms with Crippen LogP contribution < -0.4 is 10.6 Å². The molecule has 45 heavy (non-hydrogen) atoms. The molecule has 0 N–H and O–H groups in total. The molecule has 0 saturated carbocycles. The zero-order valence-corrected chi connectivity index (χ0v) is 34.2. The van der Waals surface area contributed by atoms with Gasteiger partial charge in [0.2, 0.25) is 0 Å². The predicted octanol–water partition coefficient (Wildman–Crippen LogP) is 14.5. The van der Waals surface area contributed by atoms with E-state index in [4.69, 9.17) is 0 Å². The third-order valence-corrected chi connectivity index (χ3v) is 14.9. The summed E-state index contributed by atoms with van der Waals surface area (Å²) in [4.78, 5) is 0. The Kier molecular flexibility index (Phi) is 35.8. The quantitative estimate of drug-likeness (QED) is 0.0331. The minimum Gasteiger partial charge on any atom is -0.748 e. The second-order valence-electron chi connectivity index (χ2n) is 13.3.